The first-order valence-electron chi connectivity index (χ1n) is 11.7. The van der Waals surface area contributed by atoms with E-state index in [1.165, 1.54) is 18.2 Å². The molecule has 3 aliphatic carbocycles. The smallest absolute Gasteiger partial charge is 0.219 e. The van der Waals surface area contributed by atoms with E-state index in [-0.39, 0.29) is 40.3 Å². The minimum atomic E-state index is -1.25. The molecule has 2 N–H and O–H groups in total. The van der Waals surface area contributed by atoms with Crippen molar-refractivity contribution in [2.24, 2.45) is 0 Å². The number of hydrogen-bond donors (Lipinski definition) is 2. The molecule has 0 aliphatic heterocycles. The second-order valence-electron chi connectivity index (χ2n) is 9.94. The van der Waals surface area contributed by atoms with E-state index in [1.54, 1.807) is 19.9 Å². The Balaban J connectivity index is 1.47. The van der Waals surface area contributed by atoms with Crippen molar-refractivity contribution in [3.05, 3.63) is 70.7 Å². The van der Waals surface area contributed by atoms with Crippen molar-refractivity contribution < 1.29 is 18.3 Å². The van der Waals surface area contributed by atoms with Gasteiger partial charge in [0.05, 0.1) is 34.3 Å². The van der Waals surface area contributed by atoms with Gasteiger partial charge in [-0.05, 0) is 69.2 Å². The van der Waals surface area contributed by atoms with Crippen LogP contribution >= 0.6 is 0 Å². The van der Waals surface area contributed by atoms with Crippen molar-refractivity contribution in [1.29, 1.82) is 0 Å². The molecule has 0 unspecified atom stereocenters. The van der Waals surface area contributed by atoms with Gasteiger partial charge >= 0.3 is 0 Å². The Hall–Kier alpha value is -3.73. The summed E-state index contributed by atoms with van der Waals surface area (Å²) in [5.41, 5.74) is -0.690. The quantitative estimate of drug-likeness (QED) is 0.435. The van der Waals surface area contributed by atoms with Gasteiger partial charge in [0.15, 0.2) is 17.5 Å². The fourth-order valence-corrected chi connectivity index (χ4v) is 5.41. The number of hydrogen-bond acceptors (Lipinski definition) is 7. The predicted molar refractivity (Wildman–Crippen MR) is 122 cm³/mol. The molecular formula is C25H22F3N7O. The Morgan fingerprint density at radius 3 is 2.36 bits per heavy atom. The molecule has 0 spiro atoms. The minimum absolute atomic E-state index is 0.107. The first kappa shape index (κ1) is 22.7. The number of nitrogens with one attached hydrogen (secondary N) is 1. The predicted octanol–water partition coefficient (Wildman–Crippen LogP) is 4.32. The molecule has 3 aliphatic rings. The van der Waals surface area contributed by atoms with E-state index in [0.29, 0.717) is 18.5 Å². The number of aromatic nitrogens is 7. The Morgan fingerprint density at radius 1 is 0.972 bits per heavy atom. The number of rotatable bonds is 4. The standard InChI is InChI=1S/C25H22F3N7O/c1-24(2,36)23-31-22(34-35-23)21-29-11-16(28)20(30-21)25-8-6-12(7-9-25)13-10-17(32-33-19(13)25)18-14(26)4-3-5-15(18)27/h3-5,10-12,36H,6-9H2,1-2H3,(H,31,34,35). The Bertz CT molecular complexity index is 1470. The molecule has 0 amide bonds. The number of H-pyrrole nitrogens is 1. The summed E-state index contributed by atoms with van der Waals surface area (Å²) in [4.78, 5) is 12.9. The summed E-state index contributed by atoms with van der Waals surface area (Å²) in [6, 6.07) is 5.33. The van der Waals surface area contributed by atoms with E-state index in [1.807, 2.05) is 0 Å². The maximum Gasteiger partial charge on any atom is 0.219 e. The number of aliphatic hydroxyl groups is 1. The van der Waals surface area contributed by atoms with Crippen LogP contribution in [-0.2, 0) is 11.0 Å². The Kier molecular flexibility index (Phi) is 4.98. The van der Waals surface area contributed by atoms with E-state index in [9.17, 15) is 13.9 Å². The first-order chi connectivity index (χ1) is 17.2. The van der Waals surface area contributed by atoms with Crippen molar-refractivity contribution in [3.63, 3.8) is 0 Å². The molecule has 0 radical (unpaired) electrons. The van der Waals surface area contributed by atoms with E-state index in [2.05, 4.69) is 35.3 Å². The van der Waals surface area contributed by atoms with E-state index in [0.717, 1.165) is 24.6 Å². The summed E-state index contributed by atoms with van der Waals surface area (Å²) in [5, 5.41) is 25.5. The van der Waals surface area contributed by atoms with Gasteiger partial charge in [0, 0.05) is 0 Å². The lowest BCUT2D eigenvalue weighted by Gasteiger charge is -2.46. The molecule has 36 heavy (non-hydrogen) atoms. The first-order valence-corrected chi connectivity index (χ1v) is 11.7. The Morgan fingerprint density at radius 2 is 1.69 bits per heavy atom. The summed E-state index contributed by atoms with van der Waals surface area (Å²) >= 11 is 0. The van der Waals surface area contributed by atoms with Crippen LogP contribution < -0.4 is 0 Å². The topological polar surface area (TPSA) is 113 Å². The van der Waals surface area contributed by atoms with Gasteiger partial charge in [-0.15, -0.1) is 10.2 Å². The number of fused-ring (bicyclic) bond motifs is 2. The fraction of sp³-hybridized carbons (Fsp3) is 0.360. The second kappa shape index (κ2) is 7.89. The summed E-state index contributed by atoms with van der Waals surface area (Å²) < 4.78 is 44.1. The lowest BCUT2D eigenvalue weighted by molar-refractivity contribution is 0.0692. The average Bonchev–Trinajstić information content (AvgIpc) is 3.36. The summed E-state index contributed by atoms with van der Waals surface area (Å²) in [7, 11) is 0. The molecule has 1 aromatic carbocycles. The van der Waals surface area contributed by atoms with Gasteiger partial charge in [-0.2, -0.15) is 5.10 Å². The monoisotopic (exact) mass is 493 g/mol. The molecule has 184 valence electrons. The minimum Gasteiger partial charge on any atom is -0.382 e. The highest BCUT2D eigenvalue weighted by atomic mass is 19.1. The van der Waals surface area contributed by atoms with Crippen molar-refractivity contribution in [1.82, 2.24) is 35.3 Å². The summed E-state index contributed by atoms with van der Waals surface area (Å²) in [5.74, 6) is -1.42. The molecule has 0 saturated heterocycles. The molecule has 0 atom stereocenters. The fourth-order valence-electron chi connectivity index (χ4n) is 5.41. The summed E-state index contributed by atoms with van der Waals surface area (Å²) in [6.45, 7) is 3.12. The molecule has 8 nitrogen and oxygen atoms in total. The summed E-state index contributed by atoms with van der Waals surface area (Å²) in [6.07, 6.45) is 3.79. The van der Waals surface area contributed by atoms with Gasteiger partial charge in [0.2, 0.25) is 5.82 Å². The van der Waals surface area contributed by atoms with Crippen LogP contribution in [0.3, 0.4) is 0 Å². The van der Waals surface area contributed by atoms with Crippen LogP contribution in [-0.4, -0.2) is 40.5 Å². The van der Waals surface area contributed by atoms with E-state index < -0.39 is 28.5 Å². The van der Waals surface area contributed by atoms with Gasteiger partial charge in [-0.1, -0.05) is 6.07 Å². The third kappa shape index (κ3) is 3.41. The zero-order valence-corrected chi connectivity index (χ0v) is 19.6. The van der Waals surface area contributed by atoms with E-state index >= 15 is 4.39 Å². The van der Waals surface area contributed by atoms with Crippen molar-refractivity contribution in [2.45, 2.75) is 56.5 Å². The SMILES string of the molecule is CC(C)(O)c1nc(-c2ncc(F)c(C34CCC(CC3)c3cc(-c5c(F)cccc5F)nnc34)n2)n[nH]1. The Labute approximate surface area is 204 Å². The molecular weight excluding hydrogens is 471 g/mol. The van der Waals surface area contributed by atoms with Gasteiger partial charge < -0.3 is 5.11 Å². The lowest BCUT2D eigenvalue weighted by Crippen LogP contribution is -2.41. The average molecular weight is 493 g/mol. The van der Waals surface area contributed by atoms with Crippen LogP contribution in [0.25, 0.3) is 22.9 Å². The van der Waals surface area contributed by atoms with Crippen LogP contribution in [0.5, 0.6) is 0 Å². The van der Waals surface area contributed by atoms with Crippen molar-refractivity contribution in [3.8, 4) is 22.9 Å². The van der Waals surface area contributed by atoms with Crippen molar-refractivity contribution in [2.75, 3.05) is 0 Å². The normalized spacial score (nSPS) is 21.0. The zero-order chi connectivity index (χ0) is 25.2. The maximum absolute atomic E-state index is 15.3. The number of aromatic amines is 1. The molecule has 1 saturated carbocycles. The third-order valence-corrected chi connectivity index (χ3v) is 7.24. The van der Waals surface area contributed by atoms with Crippen LogP contribution in [0.15, 0.2) is 30.5 Å². The van der Waals surface area contributed by atoms with Gasteiger partial charge in [0.1, 0.15) is 17.2 Å². The van der Waals surface area contributed by atoms with Gasteiger partial charge in [0.25, 0.3) is 0 Å². The van der Waals surface area contributed by atoms with Crippen molar-refractivity contribution >= 4 is 0 Å². The lowest BCUT2D eigenvalue weighted by atomic mass is 9.58. The number of benzene rings is 1. The second-order valence-corrected chi connectivity index (χ2v) is 9.94. The van der Waals surface area contributed by atoms with E-state index in [4.69, 9.17) is 0 Å². The highest BCUT2D eigenvalue weighted by Gasteiger charge is 2.50. The molecule has 2 bridgehead atoms. The van der Waals surface area contributed by atoms with Crippen LogP contribution in [0, 0.1) is 17.5 Å². The molecule has 1 fully saturated rings. The zero-order valence-electron chi connectivity index (χ0n) is 19.6. The molecule has 3 heterocycles. The van der Waals surface area contributed by atoms with Crippen LogP contribution in [0.2, 0.25) is 0 Å². The largest absolute Gasteiger partial charge is 0.382 e. The van der Waals surface area contributed by atoms with Crippen LogP contribution in [0.1, 0.15) is 68.2 Å². The molecule has 7 rings (SSSR count). The highest BCUT2D eigenvalue weighted by Crippen LogP contribution is 2.55. The van der Waals surface area contributed by atoms with Gasteiger partial charge in [-0.3, -0.25) is 5.10 Å². The molecule has 3 aromatic heterocycles. The van der Waals surface area contributed by atoms with Gasteiger partial charge in [-0.25, -0.2) is 28.1 Å². The maximum atomic E-state index is 15.3. The number of halogens is 3. The number of nitrogens with zero attached hydrogens (tertiary/aromatic N) is 6. The molecule has 11 heteroatoms. The highest BCUT2D eigenvalue weighted by molar-refractivity contribution is 5.62. The third-order valence-electron chi connectivity index (χ3n) is 7.24. The molecule has 4 aromatic rings. The van der Waals surface area contributed by atoms with Crippen LogP contribution in [0.4, 0.5) is 13.2 Å².